The van der Waals surface area contributed by atoms with E-state index >= 15 is 0 Å². The summed E-state index contributed by atoms with van der Waals surface area (Å²) in [5.41, 5.74) is 1.89. The van der Waals surface area contributed by atoms with Crippen LogP contribution in [0.2, 0.25) is 0 Å². The average Bonchev–Trinajstić information content (AvgIpc) is 2.88. The number of likely N-dealkylation sites (N-methyl/N-ethyl adjacent to an activating group) is 1. The van der Waals surface area contributed by atoms with Crippen molar-refractivity contribution in [2.24, 2.45) is 5.92 Å². The number of ether oxygens (including phenoxy) is 2. The van der Waals surface area contributed by atoms with E-state index in [0.717, 1.165) is 23.3 Å². The van der Waals surface area contributed by atoms with Gasteiger partial charge in [0.05, 0.1) is 32.2 Å². The van der Waals surface area contributed by atoms with Crippen molar-refractivity contribution in [2.45, 2.75) is 30.4 Å². The van der Waals surface area contributed by atoms with E-state index in [4.69, 9.17) is 9.47 Å². The predicted molar refractivity (Wildman–Crippen MR) is 83.3 cm³/mol. The number of rotatable bonds is 1. The molecule has 1 unspecified atom stereocenters. The van der Waals surface area contributed by atoms with Crippen LogP contribution in [0.1, 0.15) is 17.5 Å². The lowest BCUT2D eigenvalue weighted by molar-refractivity contribution is -0.898. The maximum absolute atomic E-state index is 13.0. The van der Waals surface area contributed by atoms with Gasteiger partial charge in [0, 0.05) is 24.3 Å². The molecule has 1 fully saturated rings. The van der Waals surface area contributed by atoms with Gasteiger partial charge >= 0.3 is 0 Å². The van der Waals surface area contributed by atoms with E-state index in [0.29, 0.717) is 18.7 Å². The van der Waals surface area contributed by atoms with Crippen LogP contribution in [0, 0.1) is 11.1 Å². The Balaban J connectivity index is 1.84. The Hall–Kier alpha value is -1.85. The number of hydroxylamine groups is 3. The summed E-state index contributed by atoms with van der Waals surface area (Å²) in [5, 5.41) is 13.0. The average molecular weight is 313 g/mol. The first-order chi connectivity index (χ1) is 11.0. The number of ketones is 1. The lowest BCUT2D eigenvalue weighted by Gasteiger charge is -2.61. The summed E-state index contributed by atoms with van der Waals surface area (Å²) in [6.45, 7) is 0.526. The molecular weight excluding hydrogens is 294 g/mol. The van der Waals surface area contributed by atoms with Crippen LogP contribution in [-0.2, 0) is 16.6 Å². The number of carbonyl (C=O) groups excluding carboxylic acids is 1. The lowest BCUT2D eigenvalue weighted by Crippen LogP contribution is -2.68. The van der Waals surface area contributed by atoms with Gasteiger partial charge in [0.1, 0.15) is 0 Å². The van der Waals surface area contributed by atoms with Gasteiger partial charge in [0.15, 0.2) is 23.4 Å². The first kappa shape index (κ1) is 13.6. The molecule has 5 rings (SSSR count). The second-order valence-corrected chi connectivity index (χ2v) is 7.38. The third kappa shape index (κ3) is 1.39. The highest BCUT2D eigenvalue weighted by Crippen LogP contribution is 2.62. The number of carbonyl (C=O) groups is 1. The van der Waals surface area contributed by atoms with Gasteiger partial charge in [-0.05, 0) is 17.7 Å². The number of methoxy groups -OCH3 is 1. The topological polar surface area (TPSA) is 58.6 Å². The normalized spacial score (nSPS) is 42.2. The molecule has 2 bridgehead atoms. The number of hydrogen-bond acceptors (Lipinski definition) is 4. The molecule has 2 heterocycles. The van der Waals surface area contributed by atoms with Crippen LogP contribution >= 0.6 is 0 Å². The standard InChI is InChI=1S/C18H19NO4/c1-19(21)8-7-18-11-4-5-13(20)17(18)23-16-14(22-2)6-3-10(15(16)18)9-12(11)19/h3-6,11-12,17H,7-9H2,1-2H3/t11-,12+,17-,18-,19?/m0/s1. The van der Waals surface area contributed by atoms with Crippen LogP contribution in [0.5, 0.6) is 11.5 Å². The smallest absolute Gasteiger partial charge is 0.196 e. The van der Waals surface area contributed by atoms with E-state index < -0.39 is 6.10 Å². The van der Waals surface area contributed by atoms with Crippen molar-refractivity contribution < 1.29 is 18.9 Å². The molecule has 5 heteroatoms. The van der Waals surface area contributed by atoms with Crippen LogP contribution in [0.4, 0.5) is 0 Å². The van der Waals surface area contributed by atoms with Gasteiger partial charge in [-0.1, -0.05) is 12.1 Å². The molecule has 2 aliphatic heterocycles. The minimum Gasteiger partial charge on any atom is -0.633 e. The Bertz CT molecular complexity index is 769. The molecule has 5 atom stereocenters. The van der Waals surface area contributed by atoms with E-state index in [2.05, 4.69) is 0 Å². The van der Waals surface area contributed by atoms with Gasteiger partial charge in [0.2, 0.25) is 0 Å². The van der Waals surface area contributed by atoms with Crippen molar-refractivity contribution in [2.75, 3.05) is 20.7 Å². The molecule has 2 aliphatic carbocycles. The van der Waals surface area contributed by atoms with Crippen molar-refractivity contribution in [3.05, 3.63) is 40.6 Å². The molecule has 5 nitrogen and oxygen atoms in total. The molecule has 0 amide bonds. The molecule has 1 spiro atoms. The van der Waals surface area contributed by atoms with E-state index in [1.54, 1.807) is 20.2 Å². The molecule has 0 radical (unpaired) electrons. The first-order valence-electron chi connectivity index (χ1n) is 8.14. The zero-order valence-electron chi connectivity index (χ0n) is 13.2. The number of quaternary nitrogens is 1. The van der Waals surface area contributed by atoms with Crippen LogP contribution < -0.4 is 9.47 Å². The second kappa shape index (κ2) is 3.97. The highest BCUT2D eigenvalue weighted by atomic mass is 16.5. The maximum Gasteiger partial charge on any atom is 0.196 e. The molecule has 0 N–H and O–H groups in total. The summed E-state index contributed by atoms with van der Waals surface area (Å²) < 4.78 is 11.4. The molecule has 1 saturated heterocycles. The van der Waals surface area contributed by atoms with Crippen molar-refractivity contribution in [3.63, 3.8) is 0 Å². The lowest BCUT2D eigenvalue weighted by atomic mass is 9.53. The largest absolute Gasteiger partial charge is 0.633 e. The van der Waals surface area contributed by atoms with Gasteiger partial charge in [0.25, 0.3) is 0 Å². The Morgan fingerprint density at radius 1 is 1.43 bits per heavy atom. The Kier molecular flexibility index (Phi) is 2.34. The van der Waals surface area contributed by atoms with Gasteiger partial charge in [-0.15, -0.1) is 0 Å². The summed E-state index contributed by atoms with van der Waals surface area (Å²) in [5.74, 6) is 1.47. The first-order valence-corrected chi connectivity index (χ1v) is 8.14. The van der Waals surface area contributed by atoms with Gasteiger partial charge in [-0.3, -0.25) is 4.79 Å². The number of likely N-dealkylation sites (tertiary alicyclic amines) is 1. The summed E-state index contributed by atoms with van der Waals surface area (Å²) in [7, 11) is 3.39. The fourth-order valence-corrected chi connectivity index (χ4v) is 5.38. The van der Waals surface area contributed by atoms with Crippen LogP contribution in [-0.4, -0.2) is 43.3 Å². The molecule has 0 saturated carbocycles. The van der Waals surface area contributed by atoms with Crippen molar-refractivity contribution in [3.8, 4) is 11.5 Å². The van der Waals surface area contributed by atoms with Crippen LogP contribution in [0.3, 0.4) is 0 Å². The molecule has 4 aliphatic rings. The van der Waals surface area contributed by atoms with E-state index in [1.165, 1.54) is 0 Å². The monoisotopic (exact) mass is 313 g/mol. The van der Waals surface area contributed by atoms with Crippen molar-refractivity contribution in [1.82, 2.24) is 0 Å². The summed E-state index contributed by atoms with van der Waals surface area (Å²) >= 11 is 0. The quantitative estimate of drug-likeness (QED) is 0.585. The highest BCUT2D eigenvalue weighted by Gasteiger charge is 2.67. The predicted octanol–water partition coefficient (Wildman–Crippen LogP) is 1.72. The second-order valence-electron chi connectivity index (χ2n) is 7.38. The number of nitrogens with zero attached hydrogens (tertiary/aromatic N) is 1. The maximum atomic E-state index is 13.0. The zero-order valence-corrected chi connectivity index (χ0v) is 13.2. The summed E-state index contributed by atoms with van der Waals surface area (Å²) in [4.78, 5) is 12.5. The van der Waals surface area contributed by atoms with Gasteiger partial charge < -0.3 is 19.3 Å². The number of piperidine rings is 1. The van der Waals surface area contributed by atoms with Crippen LogP contribution in [0.15, 0.2) is 24.3 Å². The summed E-state index contributed by atoms with van der Waals surface area (Å²) in [6.07, 6.45) is 4.49. The molecule has 1 aromatic carbocycles. The van der Waals surface area contributed by atoms with Gasteiger partial charge in [-0.25, -0.2) is 0 Å². The third-order valence-electron chi connectivity index (χ3n) is 6.43. The summed E-state index contributed by atoms with van der Waals surface area (Å²) in [6, 6.07) is 3.89. The molecule has 1 aromatic rings. The minimum atomic E-state index is -0.509. The van der Waals surface area contributed by atoms with E-state index in [9.17, 15) is 10.0 Å². The number of benzene rings is 1. The SMILES string of the molecule is COc1ccc2c3c1O[C@H]1C(=O)C=C[C@H]4[C@@H](C2)[N+](C)([O-])CC[C@]314. The Labute approximate surface area is 134 Å². The number of hydrogen-bond donors (Lipinski definition) is 0. The Morgan fingerprint density at radius 2 is 2.26 bits per heavy atom. The molecule has 0 aromatic heterocycles. The molecule has 120 valence electrons. The third-order valence-corrected chi connectivity index (χ3v) is 6.43. The molecular formula is C18H19NO4. The van der Waals surface area contributed by atoms with E-state index in [1.807, 2.05) is 18.2 Å². The Morgan fingerprint density at radius 3 is 3.04 bits per heavy atom. The van der Waals surface area contributed by atoms with Crippen molar-refractivity contribution >= 4 is 5.78 Å². The van der Waals surface area contributed by atoms with E-state index in [-0.39, 0.29) is 27.8 Å². The fraction of sp³-hybridized carbons (Fsp3) is 0.500. The van der Waals surface area contributed by atoms with Crippen molar-refractivity contribution in [1.29, 1.82) is 0 Å². The highest BCUT2D eigenvalue weighted by molar-refractivity contribution is 5.98. The fourth-order valence-electron chi connectivity index (χ4n) is 5.38. The minimum absolute atomic E-state index is 0.00750. The van der Waals surface area contributed by atoms with Gasteiger partial charge in [-0.2, -0.15) is 0 Å². The molecule has 23 heavy (non-hydrogen) atoms. The van der Waals surface area contributed by atoms with Crippen LogP contribution in [0.25, 0.3) is 0 Å². The zero-order chi connectivity index (χ0) is 16.0.